The van der Waals surface area contributed by atoms with E-state index in [2.05, 4.69) is 11.4 Å². The van der Waals surface area contributed by atoms with Gasteiger partial charge < -0.3 is 15.1 Å². The molecule has 1 atom stereocenters. The molecule has 0 aromatic heterocycles. The fourth-order valence-electron chi connectivity index (χ4n) is 4.64. The van der Waals surface area contributed by atoms with E-state index in [-0.39, 0.29) is 30.1 Å². The van der Waals surface area contributed by atoms with E-state index < -0.39 is 0 Å². The molecule has 0 radical (unpaired) electrons. The standard InChI is InChI=1S/C23H29N3O3/c1-16(27)25-12-10-18-13-20(7-8-21(18)25)26-15-19(14-22(26)28)23(29)24-11-9-17-5-3-2-4-6-17/h5,7-8,13,19H,2-4,6,9-12,14-15H2,1H3,(H,24,29). The van der Waals surface area contributed by atoms with Crippen molar-refractivity contribution in [2.75, 3.05) is 29.4 Å². The van der Waals surface area contributed by atoms with E-state index in [0.717, 1.165) is 42.6 Å². The number of benzene rings is 1. The number of hydrogen-bond donors (Lipinski definition) is 1. The van der Waals surface area contributed by atoms with Crippen LogP contribution in [0.3, 0.4) is 0 Å². The Bertz CT molecular complexity index is 861. The number of nitrogens with one attached hydrogen (secondary N) is 1. The summed E-state index contributed by atoms with van der Waals surface area (Å²) < 4.78 is 0. The highest BCUT2D eigenvalue weighted by Crippen LogP contribution is 2.34. The second-order valence-electron chi connectivity index (χ2n) is 8.29. The van der Waals surface area contributed by atoms with Crippen LogP contribution in [0.5, 0.6) is 0 Å². The van der Waals surface area contributed by atoms with Gasteiger partial charge in [0.1, 0.15) is 0 Å². The number of amides is 3. The van der Waals surface area contributed by atoms with E-state index in [4.69, 9.17) is 0 Å². The number of anilines is 2. The van der Waals surface area contributed by atoms with Gasteiger partial charge in [-0.15, -0.1) is 0 Å². The fraction of sp³-hybridized carbons (Fsp3) is 0.522. The van der Waals surface area contributed by atoms with Gasteiger partial charge in [0.15, 0.2) is 0 Å². The first-order valence-electron chi connectivity index (χ1n) is 10.7. The number of fused-ring (bicyclic) bond motifs is 1. The van der Waals surface area contributed by atoms with Gasteiger partial charge in [0.05, 0.1) is 5.92 Å². The van der Waals surface area contributed by atoms with Gasteiger partial charge in [-0.05, 0) is 62.3 Å². The molecule has 1 aromatic rings. The number of nitrogens with zero attached hydrogens (tertiary/aromatic N) is 2. The van der Waals surface area contributed by atoms with Crippen molar-refractivity contribution in [3.8, 4) is 0 Å². The quantitative estimate of drug-likeness (QED) is 0.780. The summed E-state index contributed by atoms with van der Waals surface area (Å²) in [6.45, 7) is 3.32. The molecule has 1 aliphatic carbocycles. The zero-order valence-electron chi connectivity index (χ0n) is 17.1. The van der Waals surface area contributed by atoms with Crippen LogP contribution in [0, 0.1) is 5.92 Å². The topological polar surface area (TPSA) is 69.7 Å². The van der Waals surface area contributed by atoms with Crippen LogP contribution < -0.4 is 15.1 Å². The minimum absolute atomic E-state index is 0.0125. The number of allylic oxidation sites excluding steroid dienone is 1. The second kappa shape index (κ2) is 8.39. The first-order chi connectivity index (χ1) is 14.0. The first-order valence-corrected chi connectivity index (χ1v) is 10.7. The molecule has 2 heterocycles. The van der Waals surface area contributed by atoms with E-state index in [1.54, 1.807) is 16.7 Å². The highest BCUT2D eigenvalue weighted by atomic mass is 16.2. The first kappa shape index (κ1) is 19.7. The van der Waals surface area contributed by atoms with Crippen molar-refractivity contribution < 1.29 is 14.4 Å². The van der Waals surface area contributed by atoms with E-state index in [0.29, 0.717) is 19.6 Å². The Morgan fingerprint density at radius 1 is 1.21 bits per heavy atom. The maximum atomic E-state index is 12.6. The fourth-order valence-corrected chi connectivity index (χ4v) is 4.64. The van der Waals surface area contributed by atoms with Gasteiger partial charge in [0.25, 0.3) is 0 Å². The van der Waals surface area contributed by atoms with Gasteiger partial charge >= 0.3 is 0 Å². The predicted molar refractivity (Wildman–Crippen MR) is 113 cm³/mol. The van der Waals surface area contributed by atoms with Gasteiger partial charge in [-0.3, -0.25) is 14.4 Å². The normalized spacial score (nSPS) is 21.2. The molecule has 1 saturated heterocycles. The van der Waals surface area contributed by atoms with Crippen molar-refractivity contribution in [3.63, 3.8) is 0 Å². The summed E-state index contributed by atoms with van der Waals surface area (Å²) >= 11 is 0. The largest absolute Gasteiger partial charge is 0.355 e. The summed E-state index contributed by atoms with van der Waals surface area (Å²) in [6, 6.07) is 5.79. The van der Waals surface area contributed by atoms with Crippen LogP contribution in [-0.4, -0.2) is 37.4 Å². The van der Waals surface area contributed by atoms with Crippen LogP contribution in [0.25, 0.3) is 0 Å². The van der Waals surface area contributed by atoms with Gasteiger partial charge in [-0.2, -0.15) is 0 Å². The summed E-state index contributed by atoms with van der Waals surface area (Å²) in [5.41, 5.74) is 4.28. The Balaban J connectivity index is 1.35. The molecule has 6 nitrogen and oxygen atoms in total. The minimum atomic E-state index is -0.301. The molecule has 0 bridgehead atoms. The molecule has 2 aliphatic heterocycles. The smallest absolute Gasteiger partial charge is 0.227 e. The molecule has 1 aromatic carbocycles. The van der Waals surface area contributed by atoms with Crippen LogP contribution in [0.2, 0.25) is 0 Å². The molecule has 3 amide bonds. The lowest BCUT2D eigenvalue weighted by Crippen LogP contribution is -2.33. The molecule has 0 spiro atoms. The van der Waals surface area contributed by atoms with E-state index in [1.165, 1.54) is 18.4 Å². The Morgan fingerprint density at radius 2 is 2.07 bits per heavy atom. The average molecular weight is 396 g/mol. The molecular formula is C23H29N3O3. The van der Waals surface area contributed by atoms with Crippen molar-refractivity contribution in [1.82, 2.24) is 5.32 Å². The Hall–Kier alpha value is -2.63. The monoisotopic (exact) mass is 395 g/mol. The SMILES string of the molecule is CC(=O)N1CCc2cc(N3CC(C(=O)NCCC4=CCCCC4)CC3=O)ccc21. The van der Waals surface area contributed by atoms with Crippen molar-refractivity contribution in [1.29, 1.82) is 0 Å². The molecule has 154 valence electrons. The molecule has 0 saturated carbocycles. The molecule has 1 unspecified atom stereocenters. The van der Waals surface area contributed by atoms with Crippen LogP contribution in [0.4, 0.5) is 11.4 Å². The molecule has 1 fully saturated rings. The zero-order chi connectivity index (χ0) is 20.4. The van der Waals surface area contributed by atoms with Crippen molar-refractivity contribution in [2.45, 2.75) is 51.9 Å². The Kier molecular flexibility index (Phi) is 5.69. The molecule has 4 rings (SSSR count). The van der Waals surface area contributed by atoms with E-state index >= 15 is 0 Å². The van der Waals surface area contributed by atoms with Gasteiger partial charge in [0, 0.05) is 44.4 Å². The lowest BCUT2D eigenvalue weighted by Gasteiger charge is -2.19. The van der Waals surface area contributed by atoms with E-state index in [9.17, 15) is 14.4 Å². The Labute approximate surface area is 171 Å². The average Bonchev–Trinajstić information content (AvgIpc) is 3.32. The van der Waals surface area contributed by atoms with Crippen LogP contribution >= 0.6 is 0 Å². The summed E-state index contributed by atoms with van der Waals surface area (Å²) in [5.74, 6) is -0.304. The predicted octanol–water partition coefficient (Wildman–Crippen LogP) is 2.96. The highest BCUT2D eigenvalue weighted by Gasteiger charge is 2.35. The number of carbonyl (C=O) groups is 3. The highest BCUT2D eigenvalue weighted by molar-refractivity contribution is 6.01. The molecule has 6 heteroatoms. The van der Waals surface area contributed by atoms with Crippen molar-refractivity contribution >= 4 is 29.1 Å². The van der Waals surface area contributed by atoms with Gasteiger partial charge in [-0.1, -0.05) is 11.6 Å². The van der Waals surface area contributed by atoms with Crippen molar-refractivity contribution in [2.24, 2.45) is 5.92 Å². The molecule has 3 aliphatic rings. The molecule has 29 heavy (non-hydrogen) atoms. The number of carbonyl (C=O) groups excluding carboxylic acids is 3. The zero-order valence-corrected chi connectivity index (χ0v) is 17.1. The lowest BCUT2D eigenvalue weighted by molar-refractivity contribution is -0.126. The van der Waals surface area contributed by atoms with Crippen LogP contribution in [0.15, 0.2) is 29.8 Å². The van der Waals surface area contributed by atoms with Crippen LogP contribution in [0.1, 0.15) is 51.0 Å². The van der Waals surface area contributed by atoms with Gasteiger partial charge in [-0.25, -0.2) is 0 Å². The van der Waals surface area contributed by atoms with E-state index in [1.807, 2.05) is 18.2 Å². The third kappa shape index (κ3) is 4.21. The maximum Gasteiger partial charge on any atom is 0.227 e. The number of rotatable bonds is 5. The summed E-state index contributed by atoms with van der Waals surface area (Å²) in [7, 11) is 0. The third-order valence-corrected chi connectivity index (χ3v) is 6.28. The summed E-state index contributed by atoms with van der Waals surface area (Å²) in [6.07, 6.45) is 9.08. The molecular weight excluding hydrogens is 366 g/mol. The van der Waals surface area contributed by atoms with Gasteiger partial charge in [0.2, 0.25) is 17.7 Å². The van der Waals surface area contributed by atoms with Crippen LogP contribution in [-0.2, 0) is 20.8 Å². The maximum absolute atomic E-state index is 12.6. The summed E-state index contributed by atoms with van der Waals surface area (Å²) in [5, 5.41) is 3.02. The summed E-state index contributed by atoms with van der Waals surface area (Å²) in [4.78, 5) is 40.3. The Morgan fingerprint density at radius 3 is 2.83 bits per heavy atom. The minimum Gasteiger partial charge on any atom is -0.355 e. The lowest BCUT2D eigenvalue weighted by atomic mass is 9.97. The number of hydrogen-bond acceptors (Lipinski definition) is 3. The molecule has 1 N–H and O–H groups in total. The van der Waals surface area contributed by atoms with Crippen molar-refractivity contribution in [3.05, 3.63) is 35.4 Å². The second-order valence-corrected chi connectivity index (χ2v) is 8.29. The third-order valence-electron chi connectivity index (χ3n) is 6.28.